The highest BCUT2D eigenvalue weighted by Gasteiger charge is 2.15. The van der Waals surface area contributed by atoms with Crippen molar-refractivity contribution in [1.29, 1.82) is 0 Å². The third kappa shape index (κ3) is 2.90. The second-order valence-corrected chi connectivity index (χ2v) is 6.23. The molecule has 0 unspecified atom stereocenters. The standard InChI is InChI=1S/C14H12ClN3O3S/c1-7-18-11-4-8(13(19)20-2)3-10(12(11)21-7)16-5-9-6-17-14(15)22-9/h3-4,6,16H,5H2,1-2H3. The highest BCUT2D eigenvalue weighted by atomic mass is 35.5. The summed E-state index contributed by atoms with van der Waals surface area (Å²) in [6, 6.07) is 3.33. The van der Waals surface area contributed by atoms with Gasteiger partial charge in [0.15, 0.2) is 15.9 Å². The largest absolute Gasteiger partial charge is 0.465 e. The normalized spacial score (nSPS) is 10.9. The molecule has 1 N–H and O–H groups in total. The number of esters is 1. The molecule has 0 fully saturated rings. The molecule has 0 radical (unpaired) electrons. The van der Waals surface area contributed by atoms with Gasteiger partial charge in [-0.05, 0) is 12.1 Å². The Morgan fingerprint density at radius 3 is 3.00 bits per heavy atom. The van der Waals surface area contributed by atoms with Crippen molar-refractivity contribution < 1.29 is 13.9 Å². The van der Waals surface area contributed by atoms with E-state index < -0.39 is 5.97 Å². The van der Waals surface area contributed by atoms with Gasteiger partial charge in [0.2, 0.25) is 0 Å². The zero-order chi connectivity index (χ0) is 15.7. The number of aromatic nitrogens is 2. The van der Waals surface area contributed by atoms with Crippen LogP contribution >= 0.6 is 22.9 Å². The van der Waals surface area contributed by atoms with Crippen molar-refractivity contribution in [3.63, 3.8) is 0 Å². The highest BCUT2D eigenvalue weighted by Crippen LogP contribution is 2.28. The lowest BCUT2D eigenvalue weighted by Gasteiger charge is -2.07. The van der Waals surface area contributed by atoms with Crippen molar-refractivity contribution in [1.82, 2.24) is 9.97 Å². The zero-order valence-electron chi connectivity index (χ0n) is 11.8. The number of nitrogens with zero attached hydrogens (tertiary/aromatic N) is 2. The lowest BCUT2D eigenvalue weighted by atomic mass is 10.1. The Balaban J connectivity index is 1.96. The van der Waals surface area contributed by atoms with E-state index in [1.807, 2.05) is 0 Å². The molecule has 8 heteroatoms. The predicted molar refractivity (Wildman–Crippen MR) is 84.5 cm³/mol. The molecule has 2 heterocycles. The molecule has 0 aliphatic rings. The first-order chi connectivity index (χ1) is 10.6. The van der Waals surface area contributed by atoms with Gasteiger partial charge in [0.25, 0.3) is 0 Å². The van der Waals surface area contributed by atoms with Crippen molar-refractivity contribution in [2.75, 3.05) is 12.4 Å². The van der Waals surface area contributed by atoms with Gasteiger partial charge in [-0.2, -0.15) is 0 Å². The van der Waals surface area contributed by atoms with Crippen LogP contribution in [0.2, 0.25) is 4.47 Å². The Hall–Kier alpha value is -2.12. The van der Waals surface area contributed by atoms with Gasteiger partial charge in [0.1, 0.15) is 5.52 Å². The van der Waals surface area contributed by atoms with Crippen LogP contribution < -0.4 is 5.32 Å². The summed E-state index contributed by atoms with van der Waals surface area (Å²) in [4.78, 5) is 21.0. The SMILES string of the molecule is COC(=O)c1cc(NCc2cnc(Cl)s2)c2oc(C)nc2c1. The van der Waals surface area contributed by atoms with Crippen molar-refractivity contribution >= 4 is 45.7 Å². The molecule has 0 aliphatic heterocycles. The number of rotatable bonds is 4. The van der Waals surface area contributed by atoms with Gasteiger partial charge in [-0.3, -0.25) is 0 Å². The van der Waals surface area contributed by atoms with Crippen molar-refractivity contribution in [3.8, 4) is 0 Å². The number of benzene rings is 1. The molecular weight excluding hydrogens is 326 g/mol. The lowest BCUT2D eigenvalue weighted by molar-refractivity contribution is 0.0601. The molecule has 0 amide bonds. The van der Waals surface area contributed by atoms with Gasteiger partial charge in [0, 0.05) is 18.0 Å². The Bertz CT molecular complexity index is 843. The number of methoxy groups -OCH3 is 1. The second-order valence-electron chi connectivity index (χ2n) is 4.53. The fourth-order valence-electron chi connectivity index (χ4n) is 2.06. The van der Waals surface area contributed by atoms with Crippen LogP contribution in [0.1, 0.15) is 21.1 Å². The minimum Gasteiger partial charge on any atom is -0.465 e. The number of anilines is 1. The van der Waals surface area contributed by atoms with E-state index in [9.17, 15) is 4.79 Å². The summed E-state index contributed by atoms with van der Waals surface area (Å²) in [5, 5.41) is 3.22. The average molecular weight is 338 g/mol. The summed E-state index contributed by atoms with van der Waals surface area (Å²) in [6.45, 7) is 2.27. The van der Waals surface area contributed by atoms with Crippen LogP contribution in [-0.4, -0.2) is 23.0 Å². The first kappa shape index (κ1) is 14.8. The Morgan fingerprint density at radius 1 is 1.50 bits per heavy atom. The monoisotopic (exact) mass is 337 g/mol. The summed E-state index contributed by atoms with van der Waals surface area (Å²) < 4.78 is 10.8. The molecule has 2 aromatic heterocycles. The van der Waals surface area contributed by atoms with Crippen molar-refractivity contribution in [2.45, 2.75) is 13.5 Å². The van der Waals surface area contributed by atoms with Crippen LogP contribution in [0.25, 0.3) is 11.1 Å². The summed E-state index contributed by atoms with van der Waals surface area (Å²) in [5.74, 6) is 0.104. The molecule has 3 aromatic rings. The molecule has 0 saturated heterocycles. The zero-order valence-corrected chi connectivity index (χ0v) is 13.4. The Labute approximate surface area is 135 Å². The van der Waals surface area contributed by atoms with Gasteiger partial charge >= 0.3 is 5.97 Å². The van der Waals surface area contributed by atoms with E-state index in [2.05, 4.69) is 15.3 Å². The molecule has 3 rings (SSSR count). The molecular formula is C14H12ClN3O3S. The first-order valence-electron chi connectivity index (χ1n) is 6.40. The summed E-state index contributed by atoms with van der Waals surface area (Å²) in [6.07, 6.45) is 1.70. The number of hydrogen-bond acceptors (Lipinski definition) is 7. The van der Waals surface area contributed by atoms with Crippen LogP contribution in [0.15, 0.2) is 22.7 Å². The van der Waals surface area contributed by atoms with Gasteiger partial charge in [-0.25, -0.2) is 14.8 Å². The average Bonchev–Trinajstić information content (AvgIpc) is 3.08. The molecule has 0 saturated carbocycles. The number of carbonyl (C=O) groups excluding carboxylic acids is 1. The van der Waals surface area contributed by atoms with E-state index in [-0.39, 0.29) is 0 Å². The maximum atomic E-state index is 11.8. The fourth-order valence-corrected chi connectivity index (χ4v) is 2.98. The summed E-state index contributed by atoms with van der Waals surface area (Å²) in [7, 11) is 1.34. The summed E-state index contributed by atoms with van der Waals surface area (Å²) in [5.41, 5.74) is 2.28. The maximum Gasteiger partial charge on any atom is 0.338 e. The van der Waals surface area contributed by atoms with E-state index in [0.29, 0.717) is 39.3 Å². The molecule has 1 aromatic carbocycles. The smallest absolute Gasteiger partial charge is 0.338 e. The third-order valence-electron chi connectivity index (χ3n) is 3.00. The van der Waals surface area contributed by atoms with Gasteiger partial charge in [0.05, 0.1) is 24.9 Å². The van der Waals surface area contributed by atoms with Crippen LogP contribution in [0, 0.1) is 6.92 Å². The van der Waals surface area contributed by atoms with E-state index in [1.54, 1.807) is 25.3 Å². The van der Waals surface area contributed by atoms with E-state index in [0.717, 1.165) is 4.88 Å². The van der Waals surface area contributed by atoms with Crippen LogP contribution in [0.3, 0.4) is 0 Å². The topological polar surface area (TPSA) is 77.2 Å². The van der Waals surface area contributed by atoms with E-state index in [1.165, 1.54) is 18.4 Å². The molecule has 0 aliphatic carbocycles. The van der Waals surface area contributed by atoms with E-state index in [4.69, 9.17) is 20.8 Å². The lowest BCUT2D eigenvalue weighted by Crippen LogP contribution is -2.04. The van der Waals surface area contributed by atoms with Gasteiger partial charge in [-0.15, -0.1) is 11.3 Å². The second kappa shape index (κ2) is 5.94. The highest BCUT2D eigenvalue weighted by molar-refractivity contribution is 7.15. The van der Waals surface area contributed by atoms with Gasteiger partial charge < -0.3 is 14.5 Å². The van der Waals surface area contributed by atoms with Crippen LogP contribution in [-0.2, 0) is 11.3 Å². The number of halogens is 1. The number of fused-ring (bicyclic) bond motifs is 1. The molecule has 114 valence electrons. The number of aryl methyl sites for hydroxylation is 1. The van der Waals surface area contributed by atoms with Crippen LogP contribution in [0.5, 0.6) is 0 Å². The quantitative estimate of drug-likeness (QED) is 0.732. The minimum atomic E-state index is -0.425. The molecule has 22 heavy (non-hydrogen) atoms. The fraction of sp³-hybridized carbons (Fsp3) is 0.214. The number of carbonyl (C=O) groups is 1. The predicted octanol–water partition coefficient (Wildman–Crippen LogP) is 3.64. The number of ether oxygens (including phenoxy) is 1. The number of thiazole rings is 1. The third-order valence-corrected chi connectivity index (χ3v) is 4.11. The van der Waals surface area contributed by atoms with Crippen molar-refractivity contribution in [2.24, 2.45) is 0 Å². The molecule has 6 nitrogen and oxygen atoms in total. The molecule has 0 spiro atoms. The summed E-state index contributed by atoms with van der Waals surface area (Å²) >= 11 is 7.20. The Kier molecular flexibility index (Phi) is 4.00. The molecule has 0 atom stereocenters. The molecule has 0 bridgehead atoms. The van der Waals surface area contributed by atoms with Crippen molar-refractivity contribution in [3.05, 3.63) is 39.1 Å². The minimum absolute atomic E-state index is 0.410. The van der Waals surface area contributed by atoms with E-state index >= 15 is 0 Å². The Morgan fingerprint density at radius 2 is 2.32 bits per heavy atom. The van der Waals surface area contributed by atoms with Crippen LogP contribution in [0.4, 0.5) is 5.69 Å². The first-order valence-corrected chi connectivity index (χ1v) is 7.60. The van der Waals surface area contributed by atoms with Gasteiger partial charge in [-0.1, -0.05) is 11.6 Å². The maximum absolute atomic E-state index is 11.8. The number of oxazole rings is 1. The number of nitrogens with one attached hydrogen (secondary N) is 1. The number of hydrogen-bond donors (Lipinski definition) is 1.